The smallest absolute Gasteiger partial charge is 0.340 e. The Labute approximate surface area is 461 Å². The number of nitrogens with one attached hydrogen (secondary N) is 3. The molecule has 3 aliphatic heterocycles. The van der Waals surface area contributed by atoms with E-state index in [9.17, 15) is 33.6 Å². The predicted molar refractivity (Wildman–Crippen MR) is 297 cm³/mol. The van der Waals surface area contributed by atoms with E-state index in [1.165, 1.54) is 41.4 Å². The lowest BCUT2D eigenvalue weighted by atomic mass is 9.77. The number of unbranched alkanes of at least 4 members (excludes halogenated alkanes) is 3. The van der Waals surface area contributed by atoms with Crippen molar-refractivity contribution in [2.45, 2.75) is 151 Å². The number of benzene rings is 3. The first kappa shape index (κ1) is 59.7. The molecule has 424 valence electrons. The molecule has 4 aromatic rings. The summed E-state index contributed by atoms with van der Waals surface area (Å²) in [5, 5.41) is 5.80. The van der Waals surface area contributed by atoms with Crippen LogP contribution in [0.5, 0.6) is 23.0 Å². The molecule has 0 aliphatic carbocycles. The molecular weight excluding hydrogens is 1040 g/mol. The summed E-state index contributed by atoms with van der Waals surface area (Å²) < 4.78 is 46.2. The number of fused-ring (bicyclic) bond motifs is 6. The van der Waals surface area contributed by atoms with Gasteiger partial charge in [-0.1, -0.05) is 12.8 Å². The van der Waals surface area contributed by atoms with Crippen LogP contribution in [0.1, 0.15) is 164 Å². The number of nitrogens with zero attached hydrogens (tertiary/aromatic N) is 3. The Morgan fingerprint density at radius 1 is 0.835 bits per heavy atom. The number of esters is 3. The predicted octanol–water partition coefficient (Wildman–Crippen LogP) is 9.23. The van der Waals surface area contributed by atoms with Crippen LogP contribution in [0.2, 0.25) is 0 Å². The molecule has 1 aromatic heterocycles. The number of aromatic nitrogens is 2. The molecule has 21 heteroatoms. The Morgan fingerprint density at radius 3 is 2.00 bits per heavy atom. The van der Waals surface area contributed by atoms with Gasteiger partial charge in [-0.3, -0.25) is 38.5 Å². The highest BCUT2D eigenvalue weighted by atomic mass is 31.2. The number of carbonyl (C=O) groups excluding carboxylic acids is 5. The molecule has 4 unspecified atom stereocenters. The van der Waals surface area contributed by atoms with Crippen LogP contribution >= 0.6 is 8.53 Å². The van der Waals surface area contributed by atoms with Gasteiger partial charge in [0.05, 0.1) is 34.2 Å². The molecule has 3 aromatic carbocycles. The average molecular weight is 1110 g/mol. The second kappa shape index (κ2) is 25.0. The maximum absolute atomic E-state index is 13.7. The molecule has 79 heavy (non-hydrogen) atoms. The number of hydrogen-bond acceptors (Lipinski definition) is 16. The Morgan fingerprint density at radius 2 is 1.43 bits per heavy atom. The van der Waals surface area contributed by atoms with E-state index in [2.05, 4.69) is 53.0 Å². The van der Waals surface area contributed by atoms with Crippen LogP contribution in [0.25, 0.3) is 6.08 Å². The molecule has 1 saturated heterocycles. The molecule has 1 fully saturated rings. The minimum atomic E-state index is -1.60. The fourth-order valence-corrected chi connectivity index (χ4v) is 10.8. The summed E-state index contributed by atoms with van der Waals surface area (Å²) in [4.78, 5) is 98.5. The Bertz CT molecular complexity index is 3030. The van der Waals surface area contributed by atoms with Crippen molar-refractivity contribution in [2.75, 3.05) is 19.6 Å². The van der Waals surface area contributed by atoms with Crippen LogP contribution < -0.4 is 36.1 Å². The topological polar surface area (TPSA) is 244 Å². The Hall–Kier alpha value is -6.99. The average Bonchev–Trinajstić information content (AvgIpc) is 4.03. The number of aromatic amines is 1. The summed E-state index contributed by atoms with van der Waals surface area (Å²) in [6, 6.07) is 14.5. The highest BCUT2D eigenvalue weighted by Gasteiger charge is 2.54. The molecule has 3 aliphatic rings. The lowest BCUT2D eigenvalue weighted by Gasteiger charge is -2.37. The van der Waals surface area contributed by atoms with E-state index >= 15 is 0 Å². The molecule has 4 heterocycles. The zero-order valence-corrected chi connectivity index (χ0v) is 47.9. The first-order valence-corrected chi connectivity index (χ1v) is 27.9. The summed E-state index contributed by atoms with van der Waals surface area (Å²) >= 11 is 0. The standard InChI is InChI=1S/C58H73N6O14P/c1-13-59-33-72-79(64(34(2)3)35(4)5)78-45-31-49(73-36(45)6)63-32-38(51(67)62-55(63)71)19-25-48(65)60-26-16-14-15-17-27-61-50(66)37-18-22-41-44(28-37)58(77-52(41)68)42-23-20-39(74-53(69)56(7,8)9)29-46(42)76-47-30-40(21-24-43(47)58)75-54(70)57(10,11)12/h18-25,28-30,32-36,45,49H,13-17,26-27,31H2,1-12H3,(H,60,65)(H,61,66)(H,62,67,71)/b25-19+,59-33+. The zero-order chi connectivity index (χ0) is 57.6. The van der Waals surface area contributed by atoms with E-state index in [1.54, 1.807) is 84.0 Å². The SMILES string of the molecule is CC/N=C/OP(OC1CC(n2cc(/C=C/C(=O)NCCCCCCNC(=O)c3ccc4c(c3)C3(OC4=O)c4ccc(OC(=O)C(C)(C)C)cc4Oc4cc(OC(=O)C(C)(C)C)ccc43)c(=O)[nH]c2=O)OC1C)N(C(C)C)C(C)C. The van der Waals surface area contributed by atoms with E-state index in [1.807, 2.05) is 13.8 Å². The second-order valence-corrected chi connectivity index (χ2v) is 23.6. The van der Waals surface area contributed by atoms with Gasteiger partial charge in [-0.15, -0.1) is 0 Å². The normalized spacial score (nSPS) is 17.9. The van der Waals surface area contributed by atoms with Crippen molar-refractivity contribution in [3.8, 4) is 23.0 Å². The van der Waals surface area contributed by atoms with Crippen LogP contribution in [-0.4, -0.2) is 94.3 Å². The van der Waals surface area contributed by atoms with E-state index < -0.39 is 78.5 Å². The minimum absolute atomic E-state index is 0.0941. The molecular formula is C58H73N6O14P. The maximum atomic E-state index is 13.7. The third kappa shape index (κ3) is 13.9. The lowest BCUT2D eigenvalue weighted by molar-refractivity contribution is -0.143. The van der Waals surface area contributed by atoms with Crippen LogP contribution in [0, 0.1) is 10.8 Å². The fraction of sp³-hybridized carbons (Fsp3) is 0.483. The van der Waals surface area contributed by atoms with Crippen molar-refractivity contribution < 1.29 is 56.7 Å². The van der Waals surface area contributed by atoms with Gasteiger partial charge >= 0.3 is 32.1 Å². The van der Waals surface area contributed by atoms with Gasteiger partial charge in [0.25, 0.3) is 11.5 Å². The van der Waals surface area contributed by atoms with E-state index in [0.29, 0.717) is 55.6 Å². The number of hydrogen-bond donors (Lipinski definition) is 3. The molecule has 0 bridgehead atoms. The van der Waals surface area contributed by atoms with Gasteiger partial charge in [0.1, 0.15) is 29.2 Å². The van der Waals surface area contributed by atoms with Crippen LogP contribution in [0.3, 0.4) is 0 Å². The number of ether oxygens (including phenoxy) is 5. The third-order valence-corrected chi connectivity index (χ3v) is 15.3. The van der Waals surface area contributed by atoms with E-state index in [0.717, 1.165) is 12.8 Å². The van der Waals surface area contributed by atoms with Gasteiger partial charge in [-0.2, -0.15) is 0 Å². The first-order valence-electron chi connectivity index (χ1n) is 26.8. The van der Waals surface area contributed by atoms with Crippen LogP contribution in [0.15, 0.2) is 81.5 Å². The van der Waals surface area contributed by atoms with Gasteiger partial charge in [0.15, 0.2) is 12.0 Å². The molecule has 2 amide bonds. The zero-order valence-electron chi connectivity index (χ0n) is 47.1. The highest BCUT2D eigenvalue weighted by Crippen LogP contribution is 2.57. The lowest BCUT2D eigenvalue weighted by Crippen LogP contribution is -2.35. The van der Waals surface area contributed by atoms with Gasteiger partial charge in [-0.25, -0.2) is 14.3 Å². The summed E-state index contributed by atoms with van der Waals surface area (Å²) in [5.74, 6) is -1.53. The van der Waals surface area contributed by atoms with Gasteiger partial charge in [0, 0.05) is 84.8 Å². The highest BCUT2D eigenvalue weighted by molar-refractivity contribution is 7.45. The quantitative estimate of drug-likeness (QED) is 0.0134. The molecule has 20 nitrogen and oxygen atoms in total. The number of amides is 2. The largest absolute Gasteiger partial charge is 0.456 e. The van der Waals surface area contributed by atoms with Crippen molar-refractivity contribution in [1.82, 2.24) is 24.9 Å². The molecule has 4 atom stereocenters. The summed E-state index contributed by atoms with van der Waals surface area (Å²) in [5.41, 5.74) is -2.65. The number of H-pyrrole nitrogens is 1. The monoisotopic (exact) mass is 1110 g/mol. The number of rotatable bonds is 21. The molecule has 0 saturated carbocycles. The van der Waals surface area contributed by atoms with Crippen molar-refractivity contribution in [2.24, 2.45) is 15.8 Å². The molecule has 1 spiro atoms. The van der Waals surface area contributed by atoms with Crippen LogP contribution in [0.4, 0.5) is 0 Å². The van der Waals surface area contributed by atoms with Crippen molar-refractivity contribution in [3.05, 3.63) is 121 Å². The minimum Gasteiger partial charge on any atom is -0.456 e. The number of aliphatic imine (C=N–C) groups is 1. The maximum Gasteiger partial charge on any atom is 0.340 e. The summed E-state index contributed by atoms with van der Waals surface area (Å²) in [7, 11) is -1.56. The summed E-state index contributed by atoms with van der Waals surface area (Å²) in [6.07, 6.45) is 6.89. The van der Waals surface area contributed by atoms with Crippen molar-refractivity contribution in [1.29, 1.82) is 0 Å². The fourth-order valence-electron chi connectivity index (χ4n) is 9.11. The molecule has 7 rings (SSSR count). The number of carbonyl (C=O) groups is 5. The summed E-state index contributed by atoms with van der Waals surface area (Å²) in [6.45, 7) is 23.7. The van der Waals surface area contributed by atoms with Gasteiger partial charge < -0.3 is 43.4 Å². The Balaban J connectivity index is 0.935. The van der Waals surface area contributed by atoms with Gasteiger partial charge in [0.2, 0.25) is 5.91 Å². The van der Waals surface area contributed by atoms with Crippen molar-refractivity contribution >= 4 is 50.7 Å². The van der Waals surface area contributed by atoms with E-state index in [4.69, 9.17) is 32.7 Å². The van der Waals surface area contributed by atoms with E-state index in [-0.39, 0.29) is 57.7 Å². The second-order valence-electron chi connectivity index (χ2n) is 22.3. The first-order chi connectivity index (χ1) is 37.3. The molecule has 3 N–H and O–H groups in total. The third-order valence-electron chi connectivity index (χ3n) is 13.3. The van der Waals surface area contributed by atoms with Gasteiger partial charge in [-0.05, 0) is 144 Å². The van der Waals surface area contributed by atoms with Crippen molar-refractivity contribution in [3.63, 3.8) is 0 Å². The Kier molecular flexibility index (Phi) is 18.9. The van der Waals surface area contributed by atoms with Crippen LogP contribution in [-0.2, 0) is 38.5 Å². The molecule has 0 radical (unpaired) electrons.